The van der Waals surface area contributed by atoms with Gasteiger partial charge < -0.3 is 10.6 Å². The molecule has 1 heterocycles. The highest BCUT2D eigenvalue weighted by atomic mass is 16.2. The van der Waals surface area contributed by atoms with Crippen molar-refractivity contribution < 1.29 is 9.59 Å². The van der Waals surface area contributed by atoms with Crippen molar-refractivity contribution in [2.75, 3.05) is 0 Å². The Hall–Kier alpha value is -2.69. The highest BCUT2D eigenvalue weighted by Crippen LogP contribution is 2.06. The summed E-state index contributed by atoms with van der Waals surface area (Å²) in [5, 5.41) is 5.76. The van der Waals surface area contributed by atoms with Gasteiger partial charge in [0.1, 0.15) is 0 Å². The number of hydrogen-bond acceptors (Lipinski definition) is 3. The maximum Gasteiger partial charge on any atom is 0.251 e. The van der Waals surface area contributed by atoms with Crippen molar-refractivity contribution in [1.29, 1.82) is 0 Å². The van der Waals surface area contributed by atoms with Crippen LogP contribution in [-0.2, 0) is 6.54 Å². The fraction of sp³-hybridized carbons (Fsp3) is 0.278. The number of hydrogen-bond donors (Lipinski definition) is 2. The van der Waals surface area contributed by atoms with Crippen LogP contribution in [0, 0.1) is 0 Å². The first kappa shape index (κ1) is 16.7. The van der Waals surface area contributed by atoms with E-state index in [4.69, 9.17) is 0 Å². The van der Waals surface area contributed by atoms with Crippen LogP contribution in [0.15, 0.2) is 48.8 Å². The number of rotatable bonds is 6. The lowest BCUT2D eigenvalue weighted by Gasteiger charge is -2.11. The van der Waals surface area contributed by atoms with Gasteiger partial charge in [-0.25, -0.2) is 0 Å². The smallest absolute Gasteiger partial charge is 0.251 e. The summed E-state index contributed by atoms with van der Waals surface area (Å²) >= 11 is 0. The SMILES string of the molecule is CC[C@H](C)NC(=O)c1ccc(CNC(=O)c2ccncc2)cc1. The van der Waals surface area contributed by atoms with Gasteiger partial charge >= 0.3 is 0 Å². The summed E-state index contributed by atoms with van der Waals surface area (Å²) in [7, 11) is 0. The number of amides is 2. The fourth-order valence-electron chi connectivity index (χ4n) is 1.97. The fourth-order valence-corrected chi connectivity index (χ4v) is 1.97. The first-order valence-electron chi connectivity index (χ1n) is 7.68. The van der Waals surface area contributed by atoms with E-state index in [9.17, 15) is 9.59 Å². The first-order valence-corrected chi connectivity index (χ1v) is 7.68. The molecule has 2 aromatic rings. The second-order valence-corrected chi connectivity index (χ2v) is 5.40. The topological polar surface area (TPSA) is 71.1 Å². The third-order valence-electron chi connectivity index (χ3n) is 3.60. The van der Waals surface area contributed by atoms with Gasteiger partial charge in [-0.15, -0.1) is 0 Å². The molecule has 2 rings (SSSR count). The summed E-state index contributed by atoms with van der Waals surface area (Å²) in [4.78, 5) is 27.8. The summed E-state index contributed by atoms with van der Waals surface area (Å²) in [6.45, 7) is 4.41. The zero-order valence-electron chi connectivity index (χ0n) is 13.4. The quantitative estimate of drug-likeness (QED) is 0.861. The van der Waals surface area contributed by atoms with Crippen LogP contribution in [0.3, 0.4) is 0 Å². The molecule has 120 valence electrons. The molecule has 2 N–H and O–H groups in total. The zero-order valence-corrected chi connectivity index (χ0v) is 13.4. The average Bonchev–Trinajstić information content (AvgIpc) is 2.60. The zero-order chi connectivity index (χ0) is 16.7. The Bertz CT molecular complexity index is 654. The molecular formula is C18H21N3O2. The van der Waals surface area contributed by atoms with E-state index in [-0.39, 0.29) is 17.9 Å². The van der Waals surface area contributed by atoms with Crippen LogP contribution in [0.2, 0.25) is 0 Å². The number of benzene rings is 1. The van der Waals surface area contributed by atoms with Crippen molar-refractivity contribution >= 4 is 11.8 Å². The van der Waals surface area contributed by atoms with Crippen molar-refractivity contribution in [2.24, 2.45) is 0 Å². The Morgan fingerprint density at radius 2 is 1.61 bits per heavy atom. The number of carbonyl (C=O) groups excluding carboxylic acids is 2. The Morgan fingerprint density at radius 1 is 1.00 bits per heavy atom. The van der Waals surface area contributed by atoms with Crippen molar-refractivity contribution in [1.82, 2.24) is 15.6 Å². The van der Waals surface area contributed by atoms with Crippen LogP contribution in [-0.4, -0.2) is 22.8 Å². The number of aromatic nitrogens is 1. The molecule has 2 amide bonds. The van der Waals surface area contributed by atoms with E-state index in [1.807, 2.05) is 26.0 Å². The Morgan fingerprint density at radius 3 is 2.22 bits per heavy atom. The van der Waals surface area contributed by atoms with Crippen LogP contribution < -0.4 is 10.6 Å². The minimum absolute atomic E-state index is 0.0771. The molecule has 5 nitrogen and oxygen atoms in total. The monoisotopic (exact) mass is 311 g/mol. The van der Waals surface area contributed by atoms with Gasteiger partial charge in [0.05, 0.1) is 0 Å². The molecule has 0 spiro atoms. The second-order valence-electron chi connectivity index (χ2n) is 5.40. The van der Waals surface area contributed by atoms with Crippen LogP contribution in [0.25, 0.3) is 0 Å². The molecule has 0 aliphatic heterocycles. The van der Waals surface area contributed by atoms with Crippen LogP contribution in [0.4, 0.5) is 0 Å². The molecule has 5 heteroatoms. The first-order chi connectivity index (χ1) is 11.1. The van der Waals surface area contributed by atoms with Crippen molar-refractivity contribution in [2.45, 2.75) is 32.9 Å². The maximum atomic E-state index is 12.0. The lowest BCUT2D eigenvalue weighted by Crippen LogP contribution is -2.31. The van der Waals surface area contributed by atoms with Crippen LogP contribution in [0.5, 0.6) is 0 Å². The van der Waals surface area contributed by atoms with Gasteiger partial charge in [0.15, 0.2) is 0 Å². The van der Waals surface area contributed by atoms with Gasteiger partial charge in [0.2, 0.25) is 0 Å². The van der Waals surface area contributed by atoms with E-state index in [2.05, 4.69) is 15.6 Å². The van der Waals surface area contributed by atoms with Crippen molar-refractivity contribution in [3.05, 3.63) is 65.5 Å². The molecule has 1 aromatic heterocycles. The third kappa shape index (κ3) is 4.92. The predicted octanol–water partition coefficient (Wildman–Crippen LogP) is 2.54. The van der Waals surface area contributed by atoms with Crippen LogP contribution in [0.1, 0.15) is 46.5 Å². The van der Waals surface area contributed by atoms with Gasteiger partial charge in [-0.3, -0.25) is 14.6 Å². The summed E-state index contributed by atoms with van der Waals surface area (Å²) < 4.78 is 0. The molecule has 23 heavy (non-hydrogen) atoms. The summed E-state index contributed by atoms with van der Waals surface area (Å²) in [5.41, 5.74) is 2.13. The minimum atomic E-state index is -0.147. The van der Waals surface area contributed by atoms with Gasteiger partial charge in [-0.2, -0.15) is 0 Å². The Labute approximate surface area is 136 Å². The molecule has 0 fully saturated rings. The van der Waals surface area contributed by atoms with Crippen LogP contribution >= 0.6 is 0 Å². The summed E-state index contributed by atoms with van der Waals surface area (Å²) in [5.74, 6) is -0.224. The van der Waals surface area contributed by atoms with Gasteiger partial charge in [-0.05, 0) is 43.2 Å². The third-order valence-corrected chi connectivity index (χ3v) is 3.60. The number of carbonyl (C=O) groups is 2. The minimum Gasteiger partial charge on any atom is -0.350 e. The number of nitrogens with one attached hydrogen (secondary N) is 2. The Balaban J connectivity index is 1.90. The lowest BCUT2D eigenvalue weighted by atomic mass is 10.1. The van der Waals surface area contributed by atoms with Gasteiger partial charge in [-0.1, -0.05) is 19.1 Å². The highest BCUT2D eigenvalue weighted by Gasteiger charge is 2.09. The molecule has 0 saturated heterocycles. The summed E-state index contributed by atoms with van der Waals surface area (Å²) in [6, 6.07) is 10.7. The molecule has 0 aliphatic carbocycles. The van der Waals surface area contributed by atoms with E-state index in [0.29, 0.717) is 17.7 Å². The highest BCUT2D eigenvalue weighted by molar-refractivity contribution is 5.95. The normalized spacial score (nSPS) is 11.6. The van der Waals surface area contributed by atoms with E-state index >= 15 is 0 Å². The molecule has 1 aromatic carbocycles. The Kier molecular flexibility index (Phi) is 5.86. The summed E-state index contributed by atoms with van der Waals surface area (Å²) in [6.07, 6.45) is 4.06. The molecule has 0 aliphatic rings. The molecular weight excluding hydrogens is 290 g/mol. The molecule has 0 saturated carbocycles. The second kappa shape index (κ2) is 8.08. The molecule has 0 bridgehead atoms. The lowest BCUT2D eigenvalue weighted by molar-refractivity contribution is 0.0934. The van der Waals surface area contributed by atoms with Gasteiger partial charge in [0, 0.05) is 36.1 Å². The average molecular weight is 311 g/mol. The van der Waals surface area contributed by atoms with E-state index in [1.165, 1.54) is 0 Å². The maximum absolute atomic E-state index is 12.0. The van der Waals surface area contributed by atoms with Gasteiger partial charge in [0.25, 0.3) is 11.8 Å². The van der Waals surface area contributed by atoms with Crippen molar-refractivity contribution in [3.63, 3.8) is 0 Å². The van der Waals surface area contributed by atoms with E-state index in [0.717, 1.165) is 12.0 Å². The predicted molar refractivity (Wildman–Crippen MR) is 89.1 cm³/mol. The molecule has 0 unspecified atom stereocenters. The standard InChI is InChI=1S/C18H21N3O2/c1-3-13(2)21-18(23)15-6-4-14(5-7-15)12-20-17(22)16-8-10-19-11-9-16/h4-11,13H,3,12H2,1-2H3,(H,20,22)(H,21,23)/t13-/m0/s1. The van der Waals surface area contributed by atoms with E-state index < -0.39 is 0 Å². The number of nitrogens with zero attached hydrogens (tertiary/aromatic N) is 1. The molecule has 1 atom stereocenters. The van der Waals surface area contributed by atoms with Crippen molar-refractivity contribution in [3.8, 4) is 0 Å². The largest absolute Gasteiger partial charge is 0.350 e. The number of pyridine rings is 1. The van der Waals surface area contributed by atoms with E-state index in [1.54, 1.807) is 36.7 Å². The molecule has 0 radical (unpaired) electrons.